The Morgan fingerprint density at radius 1 is 1.63 bits per heavy atom. The first-order valence-electron chi connectivity index (χ1n) is 6.38. The molecule has 1 atom stereocenters. The smallest absolute Gasteiger partial charge is 0.222 e. The molecule has 1 fully saturated rings. The van der Waals surface area contributed by atoms with Crippen molar-refractivity contribution < 1.29 is 9.18 Å². The van der Waals surface area contributed by atoms with E-state index in [1.165, 1.54) is 6.07 Å². The van der Waals surface area contributed by atoms with E-state index < -0.39 is 5.82 Å². The minimum absolute atomic E-state index is 0.0675. The minimum Gasteiger partial charge on any atom is -0.378 e. The molecule has 5 heteroatoms. The summed E-state index contributed by atoms with van der Waals surface area (Å²) in [6, 6.07) is 6.33. The average Bonchev–Trinajstić information content (AvgIpc) is 2.88. The van der Waals surface area contributed by atoms with E-state index in [9.17, 15) is 9.18 Å². The van der Waals surface area contributed by atoms with Gasteiger partial charge in [-0.15, -0.1) is 0 Å². The standard InChI is InChI=1S/C14H16FN3O/c1-2-14(19)18-6-5-11(9-18)17-13-4-3-10(8-16)7-12(13)15/h3-4,7,11,17H,2,5-6,9H2,1H3. The van der Waals surface area contributed by atoms with Gasteiger partial charge in [-0.05, 0) is 24.6 Å². The van der Waals surface area contributed by atoms with Crippen LogP contribution < -0.4 is 5.32 Å². The third kappa shape index (κ3) is 3.02. The van der Waals surface area contributed by atoms with Crippen molar-refractivity contribution in [2.24, 2.45) is 0 Å². The molecule has 1 heterocycles. The van der Waals surface area contributed by atoms with Crippen LogP contribution in [0.2, 0.25) is 0 Å². The highest BCUT2D eigenvalue weighted by molar-refractivity contribution is 5.76. The van der Waals surface area contributed by atoms with Gasteiger partial charge in [0.05, 0.1) is 17.3 Å². The number of carbonyl (C=O) groups excluding carboxylic acids is 1. The molecule has 4 nitrogen and oxygen atoms in total. The number of benzene rings is 1. The quantitative estimate of drug-likeness (QED) is 0.906. The maximum absolute atomic E-state index is 13.7. The first-order valence-corrected chi connectivity index (χ1v) is 6.38. The van der Waals surface area contributed by atoms with E-state index in [1.807, 2.05) is 13.0 Å². The van der Waals surface area contributed by atoms with Gasteiger partial charge in [0.1, 0.15) is 5.82 Å². The number of nitriles is 1. The van der Waals surface area contributed by atoms with Crippen LogP contribution in [0.5, 0.6) is 0 Å². The van der Waals surface area contributed by atoms with E-state index in [0.29, 0.717) is 30.8 Å². The van der Waals surface area contributed by atoms with Crippen LogP contribution in [0, 0.1) is 17.1 Å². The zero-order valence-electron chi connectivity index (χ0n) is 10.8. The Hall–Kier alpha value is -2.09. The van der Waals surface area contributed by atoms with Gasteiger partial charge in [0.15, 0.2) is 0 Å². The first-order chi connectivity index (χ1) is 9.13. The van der Waals surface area contributed by atoms with E-state index in [-0.39, 0.29) is 11.9 Å². The van der Waals surface area contributed by atoms with Crippen molar-refractivity contribution >= 4 is 11.6 Å². The molecule has 1 aromatic rings. The maximum atomic E-state index is 13.7. The number of hydrogen-bond acceptors (Lipinski definition) is 3. The molecule has 0 aromatic heterocycles. The lowest BCUT2D eigenvalue weighted by molar-refractivity contribution is -0.129. The van der Waals surface area contributed by atoms with Crippen molar-refractivity contribution in [1.82, 2.24) is 4.90 Å². The van der Waals surface area contributed by atoms with Crippen LogP contribution >= 0.6 is 0 Å². The summed E-state index contributed by atoms with van der Waals surface area (Å²) in [6.07, 6.45) is 1.31. The molecule has 1 aliphatic rings. The van der Waals surface area contributed by atoms with E-state index >= 15 is 0 Å². The molecule has 1 aliphatic heterocycles. The molecule has 0 spiro atoms. The van der Waals surface area contributed by atoms with Gasteiger partial charge in [-0.2, -0.15) is 5.26 Å². The summed E-state index contributed by atoms with van der Waals surface area (Å²) in [7, 11) is 0. The number of amides is 1. The second-order valence-corrected chi connectivity index (χ2v) is 4.63. The highest BCUT2D eigenvalue weighted by atomic mass is 19.1. The fourth-order valence-electron chi connectivity index (χ4n) is 2.25. The third-order valence-electron chi connectivity index (χ3n) is 3.30. The zero-order valence-corrected chi connectivity index (χ0v) is 10.8. The summed E-state index contributed by atoms with van der Waals surface area (Å²) in [5.74, 6) is -0.302. The monoisotopic (exact) mass is 261 g/mol. The molecule has 1 amide bonds. The Morgan fingerprint density at radius 3 is 3.05 bits per heavy atom. The lowest BCUT2D eigenvalue weighted by Crippen LogP contribution is -2.31. The fraction of sp³-hybridized carbons (Fsp3) is 0.429. The van der Waals surface area contributed by atoms with Crippen molar-refractivity contribution in [1.29, 1.82) is 5.26 Å². The van der Waals surface area contributed by atoms with E-state index in [4.69, 9.17) is 5.26 Å². The summed E-state index contributed by atoms with van der Waals surface area (Å²) in [4.78, 5) is 13.3. The van der Waals surface area contributed by atoms with Gasteiger partial charge in [-0.1, -0.05) is 6.92 Å². The molecular formula is C14H16FN3O. The zero-order chi connectivity index (χ0) is 13.8. The predicted molar refractivity (Wildman–Crippen MR) is 70.0 cm³/mol. The number of hydrogen-bond donors (Lipinski definition) is 1. The van der Waals surface area contributed by atoms with E-state index in [1.54, 1.807) is 17.0 Å². The van der Waals surface area contributed by atoms with Gasteiger partial charge in [-0.25, -0.2) is 4.39 Å². The summed E-state index contributed by atoms with van der Waals surface area (Å²) in [6.45, 7) is 3.15. The Balaban J connectivity index is 2.00. The first kappa shape index (κ1) is 13.3. The van der Waals surface area contributed by atoms with Crippen LogP contribution in [-0.2, 0) is 4.79 Å². The lowest BCUT2D eigenvalue weighted by atomic mass is 10.2. The van der Waals surface area contributed by atoms with Gasteiger partial charge in [0, 0.05) is 25.6 Å². The summed E-state index contributed by atoms with van der Waals surface area (Å²) in [5.41, 5.74) is 0.687. The number of rotatable bonds is 3. The number of nitrogens with one attached hydrogen (secondary N) is 1. The van der Waals surface area contributed by atoms with Crippen molar-refractivity contribution in [2.45, 2.75) is 25.8 Å². The van der Waals surface area contributed by atoms with Gasteiger partial charge < -0.3 is 10.2 Å². The van der Waals surface area contributed by atoms with Crippen molar-refractivity contribution in [3.8, 4) is 6.07 Å². The predicted octanol–water partition coefficient (Wildman–Crippen LogP) is 2.12. The number of anilines is 1. The van der Waals surface area contributed by atoms with Crippen LogP contribution in [0.25, 0.3) is 0 Å². The minimum atomic E-state index is -0.431. The number of likely N-dealkylation sites (tertiary alicyclic amines) is 1. The van der Waals surface area contributed by atoms with Crippen LogP contribution in [0.3, 0.4) is 0 Å². The lowest BCUT2D eigenvalue weighted by Gasteiger charge is -2.17. The molecule has 1 aromatic carbocycles. The number of halogens is 1. The Bertz CT molecular complexity index is 524. The van der Waals surface area contributed by atoms with Crippen LogP contribution in [0.4, 0.5) is 10.1 Å². The molecule has 100 valence electrons. The maximum Gasteiger partial charge on any atom is 0.222 e. The second kappa shape index (κ2) is 5.70. The van der Waals surface area contributed by atoms with Crippen molar-refractivity contribution in [2.75, 3.05) is 18.4 Å². The van der Waals surface area contributed by atoms with Gasteiger partial charge >= 0.3 is 0 Å². The third-order valence-corrected chi connectivity index (χ3v) is 3.30. The van der Waals surface area contributed by atoms with E-state index in [0.717, 1.165) is 6.42 Å². The average molecular weight is 261 g/mol. The summed E-state index contributed by atoms with van der Waals surface area (Å²) < 4.78 is 13.7. The molecule has 0 radical (unpaired) electrons. The molecule has 0 saturated carbocycles. The molecule has 0 bridgehead atoms. The molecule has 19 heavy (non-hydrogen) atoms. The SMILES string of the molecule is CCC(=O)N1CCC(Nc2ccc(C#N)cc2F)C1. The topological polar surface area (TPSA) is 56.1 Å². The number of nitrogens with zero attached hydrogens (tertiary/aromatic N) is 2. The Labute approximate surface area is 111 Å². The van der Waals surface area contributed by atoms with E-state index in [2.05, 4.69) is 5.32 Å². The van der Waals surface area contributed by atoms with Crippen molar-refractivity contribution in [3.05, 3.63) is 29.6 Å². The summed E-state index contributed by atoms with van der Waals surface area (Å²) in [5, 5.41) is 11.8. The highest BCUT2D eigenvalue weighted by Gasteiger charge is 2.25. The number of carbonyl (C=O) groups is 1. The van der Waals surface area contributed by atoms with Crippen molar-refractivity contribution in [3.63, 3.8) is 0 Å². The molecule has 1 N–H and O–H groups in total. The molecular weight excluding hydrogens is 245 g/mol. The Kier molecular flexibility index (Phi) is 4.00. The fourth-order valence-corrected chi connectivity index (χ4v) is 2.25. The van der Waals surface area contributed by atoms with Crippen LogP contribution in [0.15, 0.2) is 18.2 Å². The van der Waals surface area contributed by atoms with Crippen LogP contribution in [0.1, 0.15) is 25.3 Å². The normalized spacial score (nSPS) is 18.2. The van der Waals surface area contributed by atoms with Gasteiger partial charge in [0.25, 0.3) is 0 Å². The summed E-state index contributed by atoms with van der Waals surface area (Å²) >= 11 is 0. The Morgan fingerprint density at radius 2 is 2.42 bits per heavy atom. The molecule has 0 aliphatic carbocycles. The van der Waals surface area contributed by atoms with Crippen LogP contribution in [-0.4, -0.2) is 29.9 Å². The largest absolute Gasteiger partial charge is 0.378 e. The molecule has 2 rings (SSSR count). The van der Waals surface area contributed by atoms with Gasteiger partial charge in [0.2, 0.25) is 5.91 Å². The highest BCUT2D eigenvalue weighted by Crippen LogP contribution is 2.20. The molecule has 1 unspecified atom stereocenters. The van der Waals surface area contributed by atoms with Gasteiger partial charge in [-0.3, -0.25) is 4.79 Å². The second-order valence-electron chi connectivity index (χ2n) is 4.63. The molecule has 1 saturated heterocycles.